The molecule has 0 fully saturated rings. The van der Waals surface area contributed by atoms with E-state index in [9.17, 15) is 9.90 Å². The quantitative estimate of drug-likeness (QED) is 0.418. The van der Waals surface area contributed by atoms with E-state index in [2.05, 4.69) is 36.4 Å². The van der Waals surface area contributed by atoms with Gasteiger partial charge in [-0.05, 0) is 60.2 Å². The fourth-order valence-electron chi connectivity index (χ4n) is 3.49. The first-order chi connectivity index (χ1) is 15.0. The molecule has 1 amide bonds. The van der Waals surface area contributed by atoms with Crippen molar-refractivity contribution in [2.75, 3.05) is 24.2 Å². The van der Waals surface area contributed by atoms with Gasteiger partial charge < -0.3 is 21.5 Å². The molecule has 0 aliphatic heterocycles. The van der Waals surface area contributed by atoms with Crippen LogP contribution in [0.4, 0.5) is 10.7 Å². The lowest BCUT2D eigenvalue weighted by Crippen LogP contribution is -2.46. The number of nitrogens with one attached hydrogen (secondary N) is 2. The van der Waals surface area contributed by atoms with Crippen molar-refractivity contribution < 1.29 is 9.90 Å². The topological polar surface area (TPSA) is 100 Å². The minimum atomic E-state index is -0.519. The zero-order valence-electron chi connectivity index (χ0n) is 19.3. The predicted octanol–water partition coefficient (Wildman–Crippen LogP) is 4.66. The summed E-state index contributed by atoms with van der Waals surface area (Å²) in [4.78, 5) is 17.7. The normalized spacial score (nSPS) is 12.1. The smallest absolute Gasteiger partial charge is 0.238 e. The number of hydrogen-bond donors (Lipinski definition) is 4. The Bertz CT molecular complexity index is 1090. The number of nitrogens with two attached hydrogens (primary N) is 1. The molecular weight excluding hydrogens is 420 g/mol. The largest absolute Gasteiger partial charge is 0.394 e. The van der Waals surface area contributed by atoms with Crippen LogP contribution in [0.3, 0.4) is 0 Å². The first-order valence-electron chi connectivity index (χ1n) is 10.6. The molecule has 3 rings (SSSR count). The summed E-state index contributed by atoms with van der Waals surface area (Å²) in [5.74, 6) is -0.171. The molecule has 0 unspecified atom stereocenters. The van der Waals surface area contributed by atoms with Crippen molar-refractivity contribution in [3.63, 3.8) is 0 Å². The summed E-state index contributed by atoms with van der Waals surface area (Å²) in [6.07, 6.45) is 3.58. The van der Waals surface area contributed by atoms with Gasteiger partial charge in [-0.1, -0.05) is 32.9 Å². The van der Waals surface area contributed by atoms with Crippen molar-refractivity contribution >= 4 is 27.9 Å². The van der Waals surface area contributed by atoms with E-state index < -0.39 is 5.54 Å². The van der Waals surface area contributed by atoms with Crippen molar-refractivity contribution in [1.82, 2.24) is 10.3 Å². The number of aliphatic hydroxyl groups is 1. The first kappa shape index (κ1) is 23.9. The van der Waals surface area contributed by atoms with Gasteiger partial charge in [-0.15, -0.1) is 11.3 Å². The van der Waals surface area contributed by atoms with Crippen molar-refractivity contribution in [2.45, 2.75) is 45.6 Å². The lowest BCUT2D eigenvalue weighted by molar-refractivity contribution is -0.115. The third-order valence-electron chi connectivity index (χ3n) is 5.19. The van der Waals surface area contributed by atoms with Crippen LogP contribution in [-0.4, -0.2) is 34.7 Å². The second-order valence-electron chi connectivity index (χ2n) is 9.56. The highest BCUT2D eigenvalue weighted by molar-refractivity contribution is 7.20. The molecule has 32 heavy (non-hydrogen) atoms. The van der Waals surface area contributed by atoms with Crippen LogP contribution >= 0.6 is 11.3 Å². The summed E-state index contributed by atoms with van der Waals surface area (Å²) in [6.45, 7) is 10.3. The molecule has 170 valence electrons. The molecule has 6 nitrogen and oxygen atoms in total. The average Bonchev–Trinajstić information content (AvgIpc) is 3.11. The molecule has 0 radical (unpaired) electrons. The Balaban J connectivity index is 1.95. The maximum atomic E-state index is 12.4. The summed E-state index contributed by atoms with van der Waals surface area (Å²) in [6, 6.07) is 11.8. The first-order valence-corrected chi connectivity index (χ1v) is 11.4. The molecular formula is C25H32N4O2S. The number of pyridine rings is 1. The number of thiophene rings is 1. The number of nitrogens with zero attached hydrogens (tertiary/aromatic N) is 1. The van der Waals surface area contributed by atoms with Gasteiger partial charge in [-0.25, -0.2) is 0 Å². The Hall–Kier alpha value is -2.74. The number of carbonyl (C=O) groups is 1. The van der Waals surface area contributed by atoms with Crippen molar-refractivity contribution in [3.8, 4) is 21.6 Å². The molecule has 5 N–H and O–H groups in total. The van der Waals surface area contributed by atoms with Crippen LogP contribution < -0.4 is 16.4 Å². The van der Waals surface area contributed by atoms with E-state index in [1.807, 2.05) is 50.2 Å². The zero-order valence-corrected chi connectivity index (χ0v) is 20.1. The maximum Gasteiger partial charge on any atom is 0.238 e. The molecule has 0 bridgehead atoms. The summed E-state index contributed by atoms with van der Waals surface area (Å²) in [5, 5.41) is 16.1. The van der Waals surface area contributed by atoms with E-state index in [4.69, 9.17) is 5.73 Å². The number of aliphatic hydroxyl groups excluding tert-OH is 1. The number of carbonyl (C=O) groups excluding carboxylic acids is 1. The Kier molecular flexibility index (Phi) is 7.03. The number of hydrogen-bond acceptors (Lipinski definition) is 6. The Morgan fingerprint density at radius 2 is 1.78 bits per heavy atom. The Labute approximate surface area is 193 Å². The van der Waals surface area contributed by atoms with Crippen molar-refractivity contribution in [1.29, 1.82) is 0 Å². The number of benzene rings is 1. The van der Waals surface area contributed by atoms with E-state index in [1.165, 1.54) is 5.56 Å². The van der Waals surface area contributed by atoms with Crippen LogP contribution in [0.2, 0.25) is 0 Å². The number of rotatable bonds is 7. The summed E-state index contributed by atoms with van der Waals surface area (Å²) >= 11 is 1.58. The van der Waals surface area contributed by atoms with Crippen LogP contribution in [0.1, 0.15) is 40.2 Å². The van der Waals surface area contributed by atoms with Gasteiger partial charge in [0.2, 0.25) is 5.91 Å². The lowest BCUT2D eigenvalue weighted by Gasteiger charge is -2.23. The molecule has 2 aromatic heterocycles. The number of nitrogen functional groups attached to an aromatic ring is 1. The minimum absolute atomic E-state index is 0.0530. The van der Waals surface area contributed by atoms with E-state index in [0.717, 1.165) is 26.6 Å². The van der Waals surface area contributed by atoms with Crippen LogP contribution in [0.15, 0.2) is 48.8 Å². The number of anilines is 2. The molecule has 2 heterocycles. The van der Waals surface area contributed by atoms with Crippen LogP contribution in [0.25, 0.3) is 21.6 Å². The summed E-state index contributed by atoms with van der Waals surface area (Å²) in [5.41, 5.74) is 10.8. The van der Waals surface area contributed by atoms with Crippen molar-refractivity contribution in [3.05, 3.63) is 54.4 Å². The molecule has 7 heteroatoms. The van der Waals surface area contributed by atoms with E-state index in [0.29, 0.717) is 5.69 Å². The highest BCUT2D eigenvalue weighted by Crippen LogP contribution is 2.49. The van der Waals surface area contributed by atoms with Gasteiger partial charge in [-0.3, -0.25) is 9.78 Å². The van der Waals surface area contributed by atoms with Crippen LogP contribution in [0, 0.1) is 0 Å². The van der Waals surface area contributed by atoms with E-state index in [-0.39, 0.29) is 24.5 Å². The van der Waals surface area contributed by atoms with Gasteiger partial charge in [0.05, 0.1) is 18.2 Å². The minimum Gasteiger partial charge on any atom is -0.394 e. The van der Waals surface area contributed by atoms with Crippen LogP contribution in [-0.2, 0) is 10.2 Å². The van der Waals surface area contributed by atoms with Crippen molar-refractivity contribution in [2.24, 2.45) is 0 Å². The Morgan fingerprint density at radius 1 is 1.09 bits per heavy atom. The molecule has 0 aliphatic rings. The SMILES string of the molecule is CC(C)(CO)NCC(=O)Nc1cccc(-c2c(N)sc(-c3ccncc3)c2C(C)(C)C)c1. The number of amides is 1. The second kappa shape index (κ2) is 9.40. The van der Waals surface area contributed by atoms with Gasteiger partial charge in [-0.2, -0.15) is 0 Å². The number of aromatic nitrogens is 1. The van der Waals surface area contributed by atoms with Crippen LogP contribution in [0.5, 0.6) is 0 Å². The molecule has 0 spiro atoms. The third-order valence-corrected chi connectivity index (χ3v) is 6.25. The molecule has 1 aromatic carbocycles. The second-order valence-corrected chi connectivity index (χ2v) is 10.6. The molecule has 0 saturated heterocycles. The van der Waals surface area contributed by atoms with Gasteiger partial charge in [0.25, 0.3) is 0 Å². The monoisotopic (exact) mass is 452 g/mol. The lowest BCUT2D eigenvalue weighted by atomic mass is 9.81. The average molecular weight is 453 g/mol. The van der Waals surface area contributed by atoms with E-state index in [1.54, 1.807) is 23.7 Å². The third kappa shape index (κ3) is 5.54. The van der Waals surface area contributed by atoms with Gasteiger partial charge in [0.15, 0.2) is 0 Å². The summed E-state index contributed by atoms with van der Waals surface area (Å²) in [7, 11) is 0. The highest BCUT2D eigenvalue weighted by Gasteiger charge is 2.28. The van der Waals surface area contributed by atoms with Gasteiger partial charge in [0.1, 0.15) is 0 Å². The standard InChI is InChI=1S/C25H32N4O2S/c1-24(2,3)21-20(23(26)32-22(21)16-9-11-27-12-10-16)17-7-6-8-18(13-17)29-19(31)14-28-25(4,5)15-30/h6-13,28,30H,14-15,26H2,1-5H3,(H,29,31). The molecule has 0 aliphatic carbocycles. The van der Waals surface area contributed by atoms with E-state index >= 15 is 0 Å². The summed E-state index contributed by atoms with van der Waals surface area (Å²) < 4.78 is 0. The maximum absolute atomic E-state index is 12.4. The fourth-order valence-corrected chi connectivity index (χ4v) is 4.80. The molecule has 0 saturated carbocycles. The fraction of sp³-hybridized carbons (Fsp3) is 0.360. The zero-order chi connectivity index (χ0) is 23.5. The highest BCUT2D eigenvalue weighted by atomic mass is 32.1. The Morgan fingerprint density at radius 3 is 2.41 bits per heavy atom. The molecule has 0 atom stereocenters. The predicted molar refractivity (Wildman–Crippen MR) is 134 cm³/mol. The van der Waals surface area contributed by atoms with Gasteiger partial charge >= 0.3 is 0 Å². The van der Waals surface area contributed by atoms with Gasteiger partial charge in [0, 0.05) is 34.1 Å². The molecule has 3 aromatic rings.